The van der Waals surface area contributed by atoms with E-state index in [1.54, 1.807) is 6.07 Å². The first-order valence-corrected chi connectivity index (χ1v) is 6.52. The van der Waals surface area contributed by atoms with Gasteiger partial charge in [-0.3, -0.25) is 0 Å². The number of nitrogens with two attached hydrogens (primary N) is 1. The number of rotatable bonds is 3. The molecule has 0 amide bonds. The van der Waals surface area contributed by atoms with Crippen molar-refractivity contribution in [1.29, 1.82) is 0 Å². The lowest BCUT2D eigenvalue weighted by Gasteiger charge is -2.09. The molecule has 2 rings (SSSR count). The number of anilines is 2. The van der Waals surface area contributed by atoms with Crippen molar-refractivity contribution in [1.82, 2.24) is 4.98 Å². The Morgan fingerprint density at radius 1 is 1.22 bits per heavy atom. The predicted octanol–water partition coefficient (Wildman–Crippen LogP) is 1.61. The summed E-state index contributed by atoms with van der Waals surface area (Å²) in [6.07, 6.45) is 1.41. The topological polar surface area (TPSA) is 85.1 Å². The van der Waals surface area contributed by atoms with Gasteiger partial charge in [0.05, 0.1) is 0 Å². The average Bonchev–Trinajstić information content (AvgIpc) is 2.28. The number of nitrogens with zero attached hydrogens (tertiary/aromatic N) is 1. The summed E-state index contributed by atoms with van der Waals surface area (Å²) in [7, 11) is -3.88. The highest BCUT2D eigenvalue weighted by Crippen LogP contribution is 2.21. The zero-order valence-corrected chi connectivity index (χ0v) is 9.99. The number of hydrogen-bond acceptors (Lipinski definition) is 4. The Morgan fingerprint density at radius 3 is 2.67 bits per heavy atom. The highest BCUT2D eigenvalue weighted by Gasteiger charge is 2.14. The summed E-state index contributed by atoms with van der Waals surface area (Å²) in [5.74, 6) is -0.376. The molecule has 5 nitrogen and oxygen atoms in total. The van der Waals surface area contributed by atoms with Crippen LogP contribution in [0, 0.1) is 5.82 Å². The number of halogens is 1. The van der Waals surface area contributed by atoms with Crippen LogP contribution >= 0.6 is 0 Å². The molecule has 0 aliphatic carbocycles. The maximum Gasteiger partial charge on any atom is 0.241 e. The third-order valence-corrected chi connectivity index (χ3v) is 3.11. The minimum absolute atomic E-state index is 0.0607. The fraction of sp³-hybridized carbons (Fsp3) is 0. The molecule has 0 radical (unpaired) electrons. The molecular formula is C11H10FN3O2S. The number of sulfonamides is 1. The molecular weight excluding hydrogens is 257 g/mol. The molecule has 0 aliphatic heterocycles. The first kappa shape index (κ1) is 12.5. The van der Waals surface area contributed by atoms with E-state index in [2.05, 4.69) is 10.3 Å². The molecule has 0 unspecified atom stereocenters. The normalized spacial score (nSPS) is 11.2. The molecule has 1 heterocycles. The van der Waals surface area contributed by atoms with Crippen molar-refractivity contribution < 1.29 is 12.8 Å². The first-order chi connectivity index (χ1) is 8.47. The smallest absolute Gasteiger partial charge is 0.241 e. The molecule has 3 N–H and O–H groups in total. The number of pyridine rings is 1. The van der Waals surface area contributed by atoms with Gasteiger partial charge < -0.3 is 5.32 Å². The minimum atomic E-state index is -3.88. The van der Waals surface area contributed by atoms with Crippen LogP contribution in [0.25, 0.3) is 0 Å². The van der Waals surface area contributed by atoms with E-state index in [1.165, 1.54) is 36.5 Å². The van der Waals surface area contributed by atoms with Crippen molar-refractivity contribution in [2.24, 2.45) is 5.14 Å². The largest absolute Gasteiger partial charge is 0.339 e. The summed E-state index contributed by atoms with van der Waals surface area (Å²) in [5.41, 5.74) is 0.388. The number of primary sulfonamides is 1. The minimum Gasteiger partial charge on any atom is -0.339 e. The van der Waals surface area contributed by atoms with Crippen LogP contribution in [0.15, 0.2) is 47.5 Å². The fourth-order valence-electron chi connectivity index (χ4n) is 1.42. The SMILES string of the molecule is NS(=O)(=O)c1cccnc1Nc1cccc(F)c1. The summed E-state index contributed by atoms with van der Waals surface area (Å²) in [5, 5.41) is 7.77. The Labute approximate surface area is 104 Å². The van der Waals surface area contributed by atoms with E-state index >= 15 is 0 Å². The second-order valence-electron chi connectivity index (χ2n) is 3.53. The van der Waals surface area contributed by atoms with Crippen molar-refractivity contribution in [2.45, 2.75) is 4.90 Å². The average molecular weight is 267 g/mol. The van der Waals surface area contributed by atoms with Crippen molar-refractivity contribution in [3.8, 4) is 0 Å². The lowest BCUT2D eigenvalue weighted by Crippen LogP contribution is -2.14. The summed E-state index contributed by atoms with van der Waals surface area (Å²) in [4.78, 5) is 3.73. The number of benzene rings is 1. The summed E-state index contributed by atoms with van der Waals surface area (Å²) in [6, 6.07) is 8.37. The van der Waals surface area contributed by atoms with Gasteiger partial charge in [0.25, 0.3) is 0 Å². The Kier molecular flexibility index (Phi) is 3.26. The molecule has 94 valence electrons. The third-order valence-electron chi connectivity index (χ3n) is 2.16. The van der Waals surface area contributed by atoms with E-state index in [9.17, 15) is 12.8 Å². The van der Waals surface area contributed by atoms with Gasteiger partial charge in [0.2, 0.25) is 10.0 Å². The molecule has 1 aromatic carbocycles. The van der Waals surface area contributed by atoms with Gasteiger partial charge in [-0.2, -0.15) is 0 Å². The van der Waals surface area contributed by atoms with Crippen LogP contribution in [0.2, 0.25) is 0 Å². The molecule has 0 saturated carbocycles. The van der Waals surface area contributed by atoms with Gasteiger partial charge >= 0.3 is 0 Å². The van der Waals surface area contributed by atoms with Crippen molar-refractivity contribution in [3.63, 3.8) is 0 Å². The molecule has 0 saturated heterocycles. The van der Waals surface area contributed by atoms with Gasteiger partial charge in [-0.1, -0.05) is 6.07 Å². The first-order valence-electron chi connectivity index (χ1n) is 4.97. The van der Waals surface area contributed by atoms with Gasteiger partial charge in [-0.15, -0.1) is 0 Å². The molecule has 0 aliphatic rings. The van der Waals surface area contributed by atoms with Gasteiger partial charge in [-0.25, -0.2) is 22.9 Å². The number of nitrogens with one attached hydrogen (secondary N) is 1. The van der Waals surface area contributed by atoms with Gasteiger partial charge in [0.1, 0.15) is 10.7 Å². The van der Waals surface area contributed by atoms with E-state index in [0.717, 1.165) is 0 Å². The molecule has 2 aromatic rings. The Bertz CT molecular complexity index is 673. The third kappa shape index (κ3) is 2.82. The molecule has 7 heteroatoms. The van der Waals surface area contributed by atoms with Crippen LogP contribution in [0.4, 0.5) is 15.9 Å². The van der Waals surface area contributed by atoms with Crippen LogP contribution < -0.4 is 10.5 Å². The molecule has 0 spiro atoms. The second kappa shape index (κ2) is 4.71. The zero-order chi connectivity index (χ0) is 13.2. The van der Waals surface area contributed by atoms with Crippen molar-refractivity contribution in [3.05, 3.63) is 48.4 Å². The maximum atomic E-state index is 13.0. The van der Waals surface area contributed by atoms with Gasteiger partial charge in [0, 0.05) is 11.9 Å². The number of aromatic nitrogens is 1. The van der Waals surface area contributed by atoms with Crippen LogP contribution in [-0.2, 0) is 10.0 Å². The molecule has 0 bridgehead atoms. The molecule has 18 heavy (non-hydrogen) atoms. The van der Waals surface area contributed by atoms with Crippen LogP contribution in [-0.4, -0.2) is 13.4 Å². The van der Waals surface area contributed by atoms with E-state index in [0.29, 0.717) is 5.69 Å². The van der Waals surface area contributed by atoms with Crippen LogP contribution in [0.1, 0.15) is 0 Å². The predicted molar refractivity (Wildman–Crippen MR) is 65.3 cm³/mol. The van der Waals surface area contributed by atoms with E-state index in [-0.39, 0.29) is 10.7 Å². The van der Waals surface area contributed by atoms with Gasteiger partial charge in [0.15, 0.2) is 5.82 Å². The highest BCUT2D eigenvalue weighted by atomic mass is 32.2. The second-order valence-corrected chi connectivity index (χ2v) is 5.06. The number of hydrogen-bond donors (Lipinski definition) is 2. The Hall–Kier alpha value is -1.99. The summed E-state index contributed by atoms with van der Waals surface area (Å²) in [6.45, 7) is 0. The van der Waals surface area contributed by atoms with Crippen molar-refractivity contribution >= 4 is 21.5 Å². The lowest BCUT2D eigenvalue weighted by atomic mass is 10.3. The Morgan fingerprint density at radius 2 is 2.00 bits per heavy atom. The van der Waals surface area contributed by atoms with Crippen LogP contribution in [0.3, 0.4) is 0 Å². The van der Waals surface area contributed by atoms with E-state index < -0.39 is 15.8 Å². The highest BCUT2D eigenvalue weighted by molar-refractivity contribution is 7.89. The summed E-state index contributed by atoms with van der Waals surface area (Å²) < 4.78 is 35.7. The van der Waals surface area contributed by atoms with Gasteiger partial charge in [-0.05, 0) is 30.3 Å². The monoisotopic (exact) mass is 267 g/mol. The van der Waals surface area contributed by atoms with E-state index in [4.69, 9.17) is 5.14 Å². The summed E-state index contributed by atoms with van der Waals surface area (Å²) >= 11 is 0. The standard InChI is InChI=1S/C11H10FN3O2S/c12-8-3-1-4-9(7-8)15-11-10(18(13,16)17)5-2-6-14-11/h1-7H,(H,14,15)(H2,13,16,17). The van der Waals surface area contributed by atoms with E-state index in [1.807, 2.05) is 0 Å². The van der Waals surface area contributed by atoms with Crippen LogP contribution in [0.5, 0.6) is 0 Å². The fourth-order valence-corrected chi connectivity index (χ4v) is 2.06. The van der Waals surface area contributed by atoms with Crippen molar-refractivity contribution in [2.75, 3.05) is 5.32 Å². The lowest BCUT2D eigenvalue weighted by molar-refractivity contribution is 0.598. The molecule has 0 atom stereocenters. The molecule has 0 fully saturated rings. The Balaban J connectivity index is 2.41. The molecule has 1 aromatic heterocycles. The maximum absolute atomic E-state index is 13.0. The quantitative estimate of drug-likeness (QED) is 0.884. The zero-order valence-electron chi connectivity index (χ0n) is 9.17.